The molecule has 2 aromatic rings. The van der Waals surface area contributed by atoms with Gasteiger partial charge >= 0.3 is 12.1 Å². The van der Waals surface area contributed by atoms with E-state index in [4.69, 9.17) is 5.11 Å². The van der Waals surface area contributed by atoms with Crippen molar-refractivity contribution in [1.29, 1.82) is 0 Å². The predicted octanol–water partition coefficient (Wildman–Crippen LogP) is 3.62. The first-order valence-corrected chi connectivity index (χ1v) is 6.03. The number of benzene rings is 1. The fraction of sp³-hybridized carbons (Fsp3) is 0.0833. The number of rotatable bonds is 2. The van der Waals surface area contributed by atoms with Gasteiger partial charge in [-0.25, -0.2) is 14.8 Å². The lowest BCUT2D eigenvalue weighted by Gasteiger charge is -2.11. The van der Waals surface area contributed by atoms with Crippen LogP contribution in [-0.4, -0.2) is 21.0 Å². The van der Waals surface area contributed by atoms with E-state index in [1.165, 1.54) is 0 Å². The Labute approximate surface area is 119 Å². The largest absolute Gasteiger partial charge is 0.476 e. The van der Waals surface area contributed by atoms with E-state index in [0.29, 0.717) is 5.56 Å². The first-order chi connectivity index (χ1) is 9.30. The van der Waals surface area contributed by atoms with Crippen molar-refractivity contribution in [3.63, 3.8) is 0 Å². The van der Waals surface area contributed by atoms with E-state index in [0.717, 1.165) is 0 Å². The summed E-state index contributed by atoms with van der Waals surface area (Å²) in [7, 11) is 0. The molecule has 8 heteroatoms. The van der Waals surface area contributed by atoms with E-state index in [2.05, 4.69) is 25.9 Å². The van der Waals surface area contributed by atoms with Crippen LogP contribution in [0.5, 0.6) is 0 Å². The molecule has 2 rings (SSSR count). The molecule has 0 radical (unpaired) electrons. The summed E-state index contributed by atoms with van der Waals surface area (Å²) >= 11 is 2.89. The van der Waals surface area contributed by atoms with Crippen molar-refractivity contribution in [3.8, 4) is 11.3 Å². The Morgan fingerprint density at radius 2 is 1.75 bits per heavy atom. The molecule has 1 heterocycles. The molecular weight excluding hydrogens is 341 g/mol. The van der Waals surface area contributed by atoms with Gasteiger partial charge in [-0.2, -0.15) is 13.2 Å². The highest BCUT2D eigenvalue weighted by Gasteiger charge is 2.39. The summed E-state index contributed by atoms with van der Waals surface area (Å²) < 4.78 is 38.0. The molecule has 0 atom stereocenters. The Hall–Kier alpha value is -1.96. The van der Waals surface area contributed by atoms with Crippen LogP contribution in [0.4, 0.5) is 13.2 Å². The van der Waals surface area contributed by atoms with E-state index in [1.807, 2.05) is 0 Å². The van der Waals surface area contributed by atoms with E-state index < -0.39 is 23.5 Å². The van der Waals surface area contributed by atoms with Crippen LogP contribution in [-0.2, 0) is 6.18 Å². The van der Waals surface area contributed by atoms with Gasteiger partial charge in [0.15, 0.2) is 11.4 Å². The van der Waals surface area contributed by atoms with Crippen molar-refractivity contribution in [2.45, 2.75) is 6.18 Å². The molecule has 0 fully saturated rings. The highest BCUT2D eigenvalue weighted by Crippen LogP contribution is 2.34. The molecule has 0 aliphatic rings. The van der Waals surface area contributed by atoms with Crippen molar-refractivity contribution < 1.29 is 23.1 Å². The third kappa shape index (κ3) is 2.79. The van der Waals surface area contributed by atoms with Gasteiger partial charge in [0.2, 0.25) is 0 Å². The van der Waals surface area contributed by atoms with Crippen LogP contribution in [0.25, 0.3) is 11.3 Å². The minimum Gasteiger partial charge on any atom is -0.476 e. The van der Waals surface area contributed by atoms with Gasteiger partial charge in [-0.3, -0.25) is 0 Å². The van der Waals surface area contributed by atoms with Crippen LogP contribution in [0.2, 0.25) is 0 Å². The number of carboxylic acids is 1. The van der Waals surface area contributed by atoms with Crippen molar-refractivity contribution >= 4 is 21.9 Å². The molecule has 0 aliphatic carbocycles. The maximum atomic E-state index is 12.7. The predicted molar refractivity (Wildman–Crippen MR) is 67.1 cm³/mol. The van der Waals surface area contributed by atoms with Gasteiger partial charge in [0, 0.05) is 5.56 Å². The molecule has 0 saturated heterocycles. The number of carbonyl (C=O) groups is 1. The molecule has 4 nitrogen and oxygen atoms in total. The minimum atomic E-state index is -4.89. The molecule has 0 amide bonds. The van der Waals surface area contributed by atoms with E-state index >= 15 is 0 Å². The average Bonchev–Trinajstić information content (AvgIpc) is 2.38. The van der Waals surface area contributed by atoms with Crippen LogP contribution in [0.1, 0.15) is 16.2 Å². The van der Waals surface area contributed by atoms with E-state index in [1.54, 1.807) is 30.3 Å². The number of nitrogens with zero attached hydrogens (tertiary/aromatic N) is 2. The lowest BCUT2D eigenvalue weighted by Crippen LogP contribution is -2.18. The maximum Gasteiger partial charge on any atom is 0.435 e. The van der Waals surface area contributed by atoms with Crippen molar-refractivity contribution in [3.05, 3.63) is 46.3 Å². The average molecular weight is 347 g/mol. The number of hydrogen-bond donors (Lipinski definition) is 1. The number of hydrogen-bond acceptors (Lipinski definition) is 3. The Morgan fingerprint density at radius 3 is 2.25 bits per heavy atom. The summed E-state index contributed by atoms with van der Waals surface area (Å²) in [6, 6.07) is 8.21. The molecule has 0 unspecified atom stereocenters. The third-order valence-corrected chi connectivity index (χ3v) is 2.92. The fourth-order valence-corrected chi connectivity index (χ4v) is 2.04. The summed E-state index contributed by atoms with van der Waals surface area (Å²) in [4.78, 5) is 17.8. The molecule has 104 valence electrons. The smallest absolute Gasteiger partial charge is 0.435 e. The molecule has 20 heavy (non-hydrogen) atoms. The van der Waals surface area contributed by atoms with Crippen LogP contribution in [0.15, 0.2) is 34.9 Å². The van der Waals surface area contributed by atoms with Gasteiger partial charge in [-0.15, -0.1) is 0 Å². The summed E-state index contributed by atoms with van der Waals surface area (Å²) in [6.07, 6.45) is -4.89. The second kappa shape index (κ2) is 5.20. The van der Waals surface area contributed by atoms with E-state index in [9.17, 15) is 18.0 Å². The van der Waals surface area contributed by atoms with Crippen molar-refractivity contribution in [1.82, 2.24) is 9.97 Å². The molecule has 0 bridgehead atoms. The number of aromatic nitrogens is 2. The fourth-order valence-electron chi connectivity index (χ4n) is 1.54. The highest BCUT2D eigenvalue weighted by atomic mass is 79.9. The second-order valence-corrected chi connectivity index (χ2v) is 4.48. The minimum absolute atomic E-state index is 0.0380. The van der Waals surface area contributed by atoms with Crippen LogP contribution >= 0.6 is 15.9 Å². The first-order valence-electron chi connectivity index (χ1n) is 5.24. The number of carboxylic acid groups (broad SMARTS) is 1. The van der Waals surface area contributed by atoms with E-state index in [-0.39, 0.29) is 10.3 Å². The quantitative estimate of drug-likeness (QED) is 0.901. The van der Waals surface area contributed by atoms with Crippen molar-refractivity contribution in [2.24, 2.45) is 0 Å². The maximum absolute atomic E-state index is 12.7. The SMILES string of the molecule is O=C(O)c1nc(-c2ccccc2)c(Br)nc1C(F)(F)F. The number of alkyl halides is 3. The molecular formula is C12H6BrF3N2O2. The number of aromatic carboxylic acids is 1. The van der Waals surface area contributed by atoms with Gasteiger partial charge in [-0.05, 0) is 15.9 Å². The van der Waals surface area contributed by atoms with Crippen LogP contribution in [0.3, 0.4) is 0 Å². The Bertz CT molecular complexity index is 660. The van der Waals surface area contributed by atoms with Gasteiger partial charge in [0.1, 0.15) is 10.3 Å². The molecule has 0 aliphatic heterocycles. The zero-order valence-electron chi connectivity index (χ0n) is 9.65. The topological polar surface area (TPSA) is 63.1 Å². The Balaban J connectivity index is 2.69. The lowest BCUT2D eigenvalue weighted by molar-refractivity contribution is -0.142. The molecule has 0 spiro atoms. The van der Waals surface area contributed by atoms with Gasteiger partial charge in [0.05, 0.1) is 0 Å². The van der Waals surface area contributed by atoms with Gasteiger partial charge in [-0.1, -0.05) is 30.3 Å². The monoisotopic (exact) mass is 346 g/mol. The highest BCUT2D eigenvalue weighted by molar-refractivity contribution is 9.10. The molecule has 1 aromatic carbocycles. The van der Waals surface area contributed by atoms with Crippen molar-refractivity contribution in [2.75, 3.05) is 0 Å². The summed E-state index contributed by atoms with van der Waals surface area (Å²) in [6.45, 7) is 0. The lowest BCUT2D eigenvalue weighted by atomic mass is 10.1. The number of halogens is 4. The van der Waals surface area contributed by atoms with Crippen LogP contribution < -0.4 is 0 Å². The molecule has 1 aromatic heterocycles. The summed E-state index contributed by atoms with van der Waals surface area (Å²) in [5, 5.41) is 8.87. The first kappa shape index (κ1) is 14.4. The molecule has 0 saturated carbocycles. The molecule has 1 N–H and O–H groups in total. The van der Waals surface area contributed by atoms with Gasteiger partial charge in [0.25, 0.3) is 0 Å². The normalized spacial score (nSPS) is 11.4. The summed E-state index contributed by atoms with van der Waals surface area (Å²) in [5.74, 6) is -1.78. The summed E-state index contributed by atoms with van der Waals surface area (Å²) in [5.41, 5.74) is -2.16. The Kier molecular flexibility index (Phi) is 3.76. The zero-order chi connectivity index (χ0) is 14.9. The second-order valence-electron chi connectivity index (χ2n) is 3.73. The standard InChI is InChI=1S/C12H6BrF3N2O2/c13-10-7(6-4-2-1-3-5-6)17-8(11(19)20)9(18-10)12(14,15)16/h1-5H,(H,19,20). The van der Waals surface area contributed by atoms with Gasteiger partial charge < -0.3 is 5.11 Å². The third-order valence-electron chi connectivity index (χ3n) is 2.37. The van der Waals surface area contributed by atoms with Crippen LogP contribution in [0, 0.1) is 0 Å². The zero-order valence-corrected chi connectivity index (χ0v) is 11.2. The Morgan fingerprint density at radius 1 is 1.15 bits per heavy atom.